The van der Waals surface area contributed by atoms with Gasteiger partial charge in [-0.2, -0.15) is 0 Å². The molecule has 0 aromatic rings. The summed E-state index contributed by atoms with van der Waals surface area (Å²) in [4.78, 5) is 11.7. The Morgan fingerprint density at radius 3 is 2.64 bits per heavy atom. The second-order valence-corrected chi connectivity index (χ2v) is 9.11. The van der Waals surface area contributed by atoms with Crippen molar-refractivity contribution in [2.45, 2.75) is 72.5 Å². The second kappa shape index (κ2) is 6.57. The summed E-state index contributed by atoms with van der Waals surface area (Å²) < 4.78 is 5.23. The average Bonchev–Trinajstić information content (AvgIpc) is 3.03. The van der Waals surface area contributed by atoms with E-state index in [9.17, 15) is 9.90 Å². The first-order valence-electron chi connectivity index (χ1n) is 10.1. The lowest BCUT2D eigenvalue weighted by atomic mass is 9.60. The molecular weight excluding hydrogens is 312 g/mol. The summed E-state index contributed by atoms with van der Waals surface area (Å²) in [5, 5.41) is 10.7. The van der Waals surface area contributed by atoms with Crippen LogP contribution in [0.1, 0.15) is 66.7 Å². The number of esters is 1. The summed E-state index contributed by atoms with van der Waals surface area (Å²) in [5.41, 5.74) is 0.994. The van der Waals surface area contributed by atoms with Gasteiger partial charge in [-0.3, -0.25) is 0 Å². The molecule has 0 bridgehead atoms. The zero-order valence-corrected chi connectivity index (χ0v) is 16.4. The SMILES string of the molecule is CC[C@@H](/C=C/[C@@H](C)[C@H]1CC[C@H]2C3=CC(=O)O[C@@]3(O)CC[C@]12C)C(C)C. The predicted octanol–water partition coefficient (Wildman–Crippen LogP) is 4.86. The number of carbonyl (C=O) groups is 1. The van der Waals surface area contributed by atoms with Gasteiger partial charge in [0.15, 0.2) is 0 Å². The number of ether oxygens (including phenoxy) is 1. The molecule has 25 heavy (non-hydrogen) atoms. The normalized spacial score (nSPS) is 40.0. The van der Waals surface area contributed by atoms with E-state index in [2.05, 4.69) is 46.8 Å². The van der Waals surface area contributed by atoms with Gasteiger partial charge in [0.2, 0.25) is 5.79 Å². The first kappa shape index (κ1) is 18.7. The highest BCUT2D eigenvalue weighted by Crippen LogP contribution is 2.62. The molecule has 2 saturated carbocycles. The van der Waals surface area contributed by atoms with E-state index in [0.717, 1.165) is 24.8 Å². The van der Waals surface area contributed by atoms with Crippen LogP contribution in [0.3, 0.4) is 0 Å². The summed E-state index contributed by atoms with van der Waals surface area (Å²) in [6.07, 6.45) is 11.3. The first-order valence-corrected chi connectivity index (χ1v) is 10.1. The van der Waals surface area contributed by atoms with Crippen molar-refractivity contribution in [2.24, 2.45) is 35.0 Å². The molecule has 6 atom stereocenters. The Kier molecular flexibility index (Phi) is 4.91. The van der Waals surface area contributed by atoms with Crippen LogP contribution >= 0.6 is 0 Å². The van der Waals surface area contributed by atoms with E-state index >= 15 is 0 Å². The Labute approximate surface area is 152 Å². The molecule has 0 aromatic heterocycles. The molecule has 0 saturated heterocycles. The van der Waals surface area contributed by atoms with Gasteiger partial charge in [-0.25, -0.2) is 4.79 Å². The van der Waals surface area contributed by atoms with E-state index < -0.39 is 5.79 Å². The van der Waals surface area contributed by atoms with Gasteiger partial charge in [-0.1, -0.05) is 46.8 Å². The largest absolute Gasteiger partial charge is 0.426 e. The molecule has 0 aromatic carbocycles. The Balaban J connectivity index is 1.79. The van der Waals surface area contributed by atoms with Crippen molar-refractivity contribution < 1.29 is 14.6 Å². The Bertz CT molecular complexity index is 590. The molecule has 3 aliphatic rings. The zero-order valence-electron chi connectivity index (χ0n) is 16.4. The van der Waals surface area contributed by atoms with Crippen LogP contribution in [0.5, 0.6) is 0 Å². The van der Waals surface area contributed by atoms with Gasteiger partial charge in [0.05, 0.1) is 0 Å². The fourth-order valence-corrected chi connectivity index (χ4v) is 5.78. The van der Waals surface area contributed by atoms with Crippen molar-refractivity contribution in [3.63, 3.8) is 0 Å². The monoisotopic (exact) mass is 346 g/mol. The summed E-state index contributed by atoms with van der Waals surface area (Å²) in [5.74, 6) is 1.02. The van der Waals surface area contributed by atoms with E-state index in [1.807, 2.05) is 0 Å². The standard InChI is InChI=1S/C22H34O3/c1-6-16(14(2)3)8-7-15(4)17-9-10-18-19-13-20(23)25-22(19,24)12-11-21(17,18)5/h7-8,13-18,24H,6,9-12H2,1-5H3/b8-7+/t15-,16+,17-,18+,21-,22+/m1/s1. The Morgan fingerprint density at radius 1 is 1.28 bits per heavy atom. The van der Waals surface area contributed by atoms with Crippen molar-refractivity contribution in [1.82, 2.24) is 0 Å². The molecule has 0 radical (unpaired) electrons. The number of fused-ring (bicyclic) bond motifs is 3. The lowest BCUT2D eigenvalue weighted by molar-refractivity contribution is -0.196. The quantitative estimate of drug-likeness (QED) is 0.571. The minimum atomic E-state index is -1.32. The lowest BCUT2D eigenvalue weighted by Crippen LogP contribution is -2.46. The highest BCUT2D eigenvalue weighted by atomic mass is 16.7. The van der Waals surface area contributed by atoms with Crippen LogP contribution < -0.4 is 0 Å². The highest BCUT2D eigenvalue weighted by Gasteiger charge is 2.59. The van der Waals surface area contributed by atoms with Crippen molar-refractivity contribution in [3.05, 3.63) is 23.8 Å². The third-order valence-electron chi connectivity index (χ3n) is 7.41. The molecule has 2 aliphatic carbocycles. The molecular formula is C22H34O3. The number of aliphatic hydroxyl groups is 1. The van der Waals surface area contributed by atoms with E-state index in [0.29, 0.717) is 30.1 Å². The predicted molar refractivity (Wildman–Crippen MR) is 99.6 cm³/mol. The molecule has 140 valence electrons. The molecule has 3 rings (SSSR count). The lowest BCUT2D eigenvalue weighted by Gasteiger charge is -2.47. The van der Waals surface area contributed by atoms with Crippen LogP contribution in [0.15, 0.2) is 23.8 Å². The van der Waals surface area contributed by atoms with Crippen LogP contribution in [0.25, 0.3) is 0 Å². The van der Waals surface area contributed by atoms with Crippen LogP contribution in [0, 0.1) is 35.0 Å². The first-order chi connectivity index (χ1) is 11.7. The fourth-order valence-electron chi connectivity index (χ4n) is 5.78. The van der Waals surface area contributed by atoms with Crippen molar-refractivity contribution in [3.8, 4) is 0 Å². The fraction of sp³-hybridized carbons (Fsp3) is 0.773. The molecule has 3 heteroatoms. The molecule has 1 heterocycles. The van der Waals surface area contributed by atoms with Gasteiger partial charge in [0, 0.05) is 18.1 Å². The van der Waals surface area contributed by atoms with Crippen LogP contribution in [-0.4, -0.2) is 16.9 Å². The van der Waals surface area contributed by atoms with Gasteiger partial charge in [-0.15, -0.1) is 0 Å². The number of allylic oxidation sites excluding steroid dienone is 2. The maximum atomic E-state index is 11.7. The van der Waals surface area contributed by atoms with E-state index in [-0.39, 0.29) is 17.3 Å². The minimum absolute atomic E-state index is 0.148. The maximum absolute atomic E-state index is 11.7. The van der Waals surface area contributed by atoms with Crippen LogP contribution in [0.2, 0.25) is 0 Å². The highest BCUT2D eigenvalue weighted by molar-refractivity contribution is 5.86. The smallest absolute Gasteiger partial charge is 0.333 e. The van der Waals surface area contributed by atoms with Crippen molar-refractivity contribution >= 4 is 5.97 Å². The molecule has 3 nitrogen and oxygen atoms in total. The Hall–Kier alpha value is -1.09. The van der Waals surface area contributed by atoms with Crippen LogP contribution in [0.4, 0.5) is 0 Å². The molecule has 0 spiro atoms. The molecule has 0 amide bonds. The zero-order chi connectivity index (χ0) is 18.4. The van der Waals surface area contributed by atoms with Crippen molar-refractivity contribution in [1.29, 1.82) is 0 Å². The van der Waals surface area contributed by atoms with Gasteiger partial charge in [-0.05, 0) is 60.7 Å². The minimum Gasteiger partial charge on any atom is -0.426 e. The van der Waals surface area contributed by atoms with Crippen molar-refractivity contribution in [2.75, 3.05) is 0 Å². The average molecular weight is 347 g/mol. The van der Waals surface area contributed by atoms with E-state index in [1.54, 1.807) is 6.08 Å². The second-order valence-electron chi connectivity index (χ2n) is 9.11. The summed E-state index contributed by atoms with van der Waals surface area (Å²) >= 11 is 0. The Morgan fingerprint density at radius 2 is 2.00 bits per heavy atom. The maximum Gasteiger partial charge on any atom is 0.333 e. The molecule has 1 N–H and O–H groups in total. The molecule has 2 fully saturated rings. The van der Waals surface area contributed by atoms with Gasteiger partial charge in [0.1, 0.15) is 0 Å². The number of carbonyl (C=O) groups excluding carboxylic acids is 1. The van der Waals surface area contributed by atoms with Gasteiger partial charge >= 0.3 is 5.97 Å². The van der Waals surface area contributed by atoms with Gasteiger partial charge in [0.25, 0.3) is 0 Å². The van der Waals surface area contributed by atoms with Crippen LogP contribution in [-0.2, 0) is 9.53 Å². The third kappa shape index (κ3) is 3.09. The molecule has 1 aliphatic heterocycles. The summed E-state index contributed by atoms with van der Waals surface area (Å²) in [7, 11) is 0. The van der Waals surface area contributed by atoms with E-state index in [1.165, 1.54) is 6.42 Å². The molecule has 0 unspecified atom stereocenters. The number of hydrogen-bond acceptors (Lipinski definition) is 3. The van der Waals surface area contributed by atoms with E-state index in [4.69, 9.17) is 4.74 Å². The number of rotatable bonds is 5. The third-order valence-corrected chi connectivity index (χ3v) is 7.41. The summed E-state index contributed by atoms with van der Waals surface area (Å²) in [6.45, 7) is 11.6. The topological polar surface area (TPSA) is 46.5 Å². The van der Waals surface area contributed by atoms with Gasteiger partial charge < -0.3 is 9.84 Å². The number of hydrogen-bond donors (Lipinski definition) is 1. The summed E-state index contributed by atoms with van der Waals surface area (Å²) in [6, 6.07) is 0.